The van der Waals surface area contributed by atoms with Gasteiger partial charge in [0, 0.05) is 6.42 Å². The molecule has 0 amide bonds. The van der Waals surface area contributed by atoms with E-state index in [9.17, 15) is 4.79 Å². The molecule has 1 aromatic heterocycles. The summed E-state index contributed by atoms with van der Waals surface area (Å²) in [5.74, 6) is 1.56. The zero-order chi connectivity index (χ0) is 8.55. The van der Waals surface area contributed by atoms with Crippen molar-refractivity contribution >= 4 is 0 Å². The summed E-state index contributed by atoms with van der Waals surface area (Å²) >= 11 is 0. The molecule has 1 aromatic rings. The molecular weight excluding hydrogens is 154 g/mol. The third kappa shape index (κ3) is 1.09. The molecule has 3 heteroatoms. The lowest BCUT2D eigenvalue weighted by Gasteiger charge is -2.17. The van der Waals surface area contributed by atoms with Crippen molar-refractivity contribution in [2.24, 2.45) is 5.92 Å². The van der Waals surface area contributed by atoms with Gasteiger partial charge in [-0.05, 0) is 18.8 Å². The largest absolute Gasteiger partial charge is 0.383 e. The first kappa shape index (κ1) is 7.65. The van der Waals surface area contributed by atoms with Gasteiger partial charge in [0.1, 0.15) is 5.76 Å². The molecule has 0 radical (unpaired) electrons. The lowest BCUT2D eigenvalue weighted by Crippen LogP contribution is -2.17. The average Bonchev–Trinajstić information content (AvgIpc) is 2.47. The van der Waals surface area contributed by atoms with E-state index in [1.54, 1.807) is 0 Å². The van der Waals surface area contributed by atoms with E-state index in [1.165, 1.54) is 0 Å². The Morgan fingerprint density at radius 2 is 2.50 bits per heavy atom. The summed E-state index contributed by atoms with van der Waals surface area (Å²) in [6, 6.07) is 0. The number of nitrogens with one attached hydrogen (secondary N) is 1. The van der Waals surface area contributed by atoms with E-state index in [0.717, 1.165) is 37.0 Å². The fourth-order valence-corrected chi connectivity index (χ4v) is 1.84. The number of aromatic nitrogens is 1. The topological polar surface area (TPSA) is 46.0 Å². The lowest BCUT2D eigenvalue weighted by molar-refractivity contribution is 0.344. The van der Waals surface area contributed by atoms with Crippen LogP contribution in [0.5, 0.6) is 0 Å². The van der Waals surface area contributed by atoms with Gasteiger partial charge in [-0.3, -0.25) is 4.79 Å². The maximum Gasteiger partial charge on any atom is 0.283 e. The van der Waals surface area contributed by atoms with Gasteiger partial charge in [0.25, 0.3) is 5.56 Å². The van der Waals surface area contributed by atoms with Crippen LogP contribution in [0.4, 0.5) is 0 Å². The van der Waals surface area contributed by atoms with E-state index in [4.69, 9.17) is 4.52 Å². The van der Waals surface area contributed by atoms with Gasteiger partial charge < -0.3 is 4.52 Å². The van der Waals surface area contributed by atoms with Crippen LogP contribution < -0.4 is 5.56 Å². The Morgan fingerprint density at radius 1 is 1.67 bits per heavy atom. The van der Waals surface area contributed by atoms with E-state index < -0.39 is 0 Å². The molecule has 1 N–H and O–H groups in total. The van der Waals surface area contributed by atoms with Crippen molar-refractivity contribution in [3.63, 3.8) is 0 Å². The minimum atomic E-state index is -0.0249. The highest BCUT2D eigenvalue weighted by molar-refractivity contribution is 5.17. The number of fused-ring (bicyclic) bond motifs is 1. The predicted molar refractivity (Wildman–Crippen MR) is 45.1 cm³/mol. The number of aromatic amines is 1. The molecule has 2 rings (SSSR count). The van der Waals surface area contributed by atoms with Gasteiger partial charge in [-0.2, -0.15) is 5.16 Å². The van der Waals surface area contributed by atoms with Crippen LogP contribution in [0.3, 0.4) is 0 Å². The molecule has 0 aromatic carbocycles. The minimum Gasteiger partial charge on any atom is -0.383 e. The first-order chi connectivity index (χ1) is 5.81. The summed E-state index contributed by atoms with van der Waals surface area (Å²) in [4.78, 5) is 11.2. The highest BCUT2D eigenvalue weighted by Crippen LogP contribution is 2.24. The van der Waals surface area contributed by atoms with Gasteiger partial charge in [-0.1, -0.05) is 13.3 Å². The zero-order valence-corrected chi connectivity index (χ0v) is 7.22. The van der Waals surface area contributed by atoms with E-state index in [2.05, 4.69) is 12.1 Å². The van der Waals surface area contributed by atoms with Crippen molar-refractivity contribution < 1.29 is 4.52 Å². The smallest absolute Gasteiger partial charge is 0.283 e. The molecule has 0 spiro atoms. The van der Waals surface area contributed by atoms with Crippen molar-refractivity contribution in [2.45, 2.75) is 32.6 Å². The number of H-pyrrole nitrogens is 1. The second-order valence-corrected chi connectivity index (χ2v) is 3.45. The van der Waals surface area contributed by atoms with Crippen molar-refractivity contribution in [2.75, 3.05) is 0 Å². The quantitative estimate of drug-likeness (QED) is 0.688. The molecule has 0 saturated carbocycles. The SMILES string of the molecule is CC[C@H]1CCc2o[nH]c(=O)c2C1. The summed E-state index contributed by atoms with van der Waals surface area (Å²) in [7, 11) is 0. The summed E-state index contributed by atoms with van der Waals surface area (Å²) in [6.07, 6.45) is 4.14. The molecule has 12 heavy (non-hydrogen) atoms. The van der Waals surface area contributed by atoms with Gasteiger partial charge in [-0.25, -0.2) is 0 Å². The van der Waals surface area contributed by atoms with Crippen molar-refractivity contribution in [1.29, 1.82) is 0 Å². The maximum atomic E-state index is 11.2. The van der Waals surface area contributed by atoms with Crippen LogP contribution in [0.1, 0.15) is 31.1 Å². The Morgan fingerprint density at radius 3 is 3.25 bits per heavy atom. The predicted octanol–water partition coefficient (Wildman–Crippen LogP) is 1.48. The van der Waals surface area contributed by atoms with Crippen LogP contribution in [-0.4, -0.2) is 5.16 Å². The number of hydrogen-bond donors (Lipinski definition) is 1. The van der Waals surface area contributed by atoms with Crippen molar-refractivity contribution in [3.8, 4) is 0 Å². The highest BCUT2D eigenvalue weighted by atomic mass is 16.5. The molecule has 66 valence electrons. The van der Waals surface area contributed by atoms with Crippen LogP contribution in [0.2, 0.25) is 0 Å². The maximum absolute atomic E-state index is 11.2. The van der Waals surface area contributed by atoms with Crippen LogP contribution >= 0.6 is 0 Å². The average molecular weight is 167 g/mol. The number of aryl methyl sites for hydroxylation is 1. The van der Waals surface area contributed by atoms with Gasteiger partial charge in [-0.15, -0.1) is 0 Å². The highest BCUT2D eigenvalue weighted by Gasteiger charge is 2.22. The van der Waals surface area contributed by atoms with Crippen molar-refractivity contribution in [1.82, 2.24) is 5.16 Å². The molecule has 0 bridgehead atoms. The monoisotopic (exact) mass is 167 g/mol. The standard InChI is InChI=1S/C9H13NO2/c1-2-6-3-4-8-7(5-6)9(11)10-12-8/h6H,2-5H2,1H3,(H,10,11)/t6-/m0/s1. The van der Waals surface area contributed by atoms with Crippen LogP contribution in [0.15, 0.2) is 9.32 Å². The fraction of sp³-hybridized carbons (Fsp3) is 0.667. The Hall–Kier alpha value is -0.990. The normalized spacial score (nSPS) is 22.2. The van der Waals surface area contributed by atoms with Gasteiger partial charge >= 0.3 is 0 Å². The molecule has 1 heterocycles. The molecule has 1 aliphatic carbocycles. The first-order valence-corrected chi connectivity index (χ1v) is 4.50. The van der Waals surface area contributed by atoms with Gasteiger partial charge in [0.15, 0.2) is 0 Å². The van der Waals surface area contributed by atoms with Gasteiger partial charge in [0.05, 0.1) is 5.56 Å². The van der Waals surface area contributed by atoms with E-state index in [1.807, 2.05) is 0 Å². The fourth-order valence-electron chi connectivity index (χ4n) is 1.84. The number of rotatable bonds is 1. The minimum absolute atomic E-state index is 0.0249. The third-order valence-corrected chi connectivity index (χ3v) is 2.73. The molecule has 1 atom stereocenters. The molecule has 3 nitrogen and oxygen atoms in total. The summed E-state index contributed by atoms with van der Waals surface area (Å²) in [5, 5.41) is 2.39. The second-order valence-electron chi connectivity index (χ2n) is 3.45. The molecule has 0 aliphatic heterocycles. The Balaban J connectivity index is 2.32. The van der Waals surface area contributed by atoms with E-state index >= 15 is 0 Å². The van der Waals surface area contributed by atoms with Crippen LogP contribution in [-0.2, 0) is 12.8 Å². The summed E-state index contributed by atoms with van der Waals surface area (Å²) in [5.41, 5.74) is 0.858. The van der Waals surface area contributed by atoms with Crippen LogP contribution in [0, 0.1) is 5.92 Å². The molecule has 0 fully saturated rings. The Kier molecular flexibility index (Phi) is 1.79. The van der Waals surface area contributed by atoms with E-state index in [0.29, 0.717) is 5.92 Å². The van der Waals surface area contributed by atoms with Crippen molar-refractivity contribution in [3.05, 3.63) is 21.7 Å². The lowest BCUT2D eigenvalue weighted by atomic mass is 9.87. The second kappa shape index (κ2) is 2.81. The van der Waals surface area contributed by atoms with E-state index in [-0.39, 0.29) is 5.56 Å². The first-order valence-electron chi connectivity index (χ1n) is 4.50. The van der Waals surface area contributed by atoms with Crippen LogP contribution in [0.25, 0.3) is 0 Å². The molecule has 0 saturated heterocycles. The Labute approximate surface area is 70.7 Å². The summed E-state index contributed by atoms with van der Waals surface area (Å²) < 4.78 is 5.04. The summed E-state index contributed by atoms with van der Waals surface area (Å²) in [6.45, 7) is 2.17. The molecule has 1 aliphatic rings. The Bertz CT molecular complexity index is 324. The zero-order valence-electron chi connectivity index (χ0n) is 7.22. The molecule has 0 unspecified atom stereocenters. The molecular formula is C9H13NO2. The number of hydrogen-bond acceptors (Lipinski definition) is 2. The van der Waals surface area contributed by atoms with Gasteiger partial charge in [0.2, 0.25) is 0 Å². The third-order valence-electron chi connectivity index (χ3n) is 2.73.